The first-order valence-corrected chi connectivity index (χ1v) is 1.19. The van der Waals surface area contributed by atoms with Crippen LogP contribution in [0.25, 0.3) is 0 Å². The maximum absolute atomic E-state index is 8.60. The summed E-state index contributed by atoms with van der Waals surface area (Å²) in [7, 11) is 0. The molecule has 0 aliphatic heterocycles. The summed E-state index contributed by atoms with van der Waals surface area (Å²) < 4.78 is 0. The van der Waals surface area contributed by atoms with E-state index in [-0.39, 0.29) is 19.5 Å². The molecule has 4 heavy (non-hydrogen) atoms. The zero-order chi connectivity index (χ0) is 2.71. The molecule has 0 saturated carbocycles. The van der Waals surface area contributed by atoms with Crippen LogP contribution in [0.2, 0.25) is 0 Å². The third-order valence-electron chi connectivity index (χ3n) is 0. The van der Waals surface area contributed by atoms with Gasteiger partial charge in [0.2, 0.25) is 0 Å². The number of hydrogen-bond acceptors (Lipinski definition) is 1. The Morgan fingerprint density at radius 2 is 1.75 bits per heavy atom. The second kappa shape index (κ2) is 9.23. The molecule has 0 atom stereocenters. The van der Waals surface area contributed by atoms with Crippen molar-refractivity contribution in [3.8, 4) is 0 Å². The fourth-order valence-electron chi connectivity index (χ4n) is 0. The summed E-state index contributed by atoms with van der Waals surface area (Å²) in [5.74, 6) is 0. The summed E-state index contributed by atoms with van der Waals surface area (Å²) in [4.78, 5) is 8.60. The molecule has 3 heteroatoms. The van der Waals surface area contributed by atoms with Crippen LogP contribution < -0.4 is 0 Å². The molecule has 0 aromatic heterocycles. The number of carbonyl (C=O) groups excluding carboxylic acids is 1. The third-order valence-corrected chi connectivity index (χ3v) is 0. The van der Waals surface area contributed by atoms with Crippen molar-refractivity contribution in [3.63, 3.8) is 0 Å². The first-order chi connectivity index (χ1) is 1.41. The van der Waals surface area contributed by atoms with Crippen LogP contribution in [-0.2, 0) is 24.3 Å². The van der Waals surface area contributed by atoms with Crippen molar-refractivity contribution in [2.75, 3.05) is 0 Å². The predicted octanol–water partition coefficient (Wildman–Crippen LogP) is 0.446. The Hall–Kier alpha value is 0.773. The minimum absolute atomic E-state index is 0. The maximum Gasteiger partial charge on any atom is 0.275 e. The van der Waals surface area contributed by atoms with E-state index < -0.39 is 0 Å². The Morgan fingerprint density at radius 1 is 1.75 bits per heavy atom. The quantitative estimate of drug-likeness (QED) is 0.384. The van der Waals surface area contributed by atoms with E-state index in [9.17, 15) is 0 Å². The van der Waals surface area contributed by atoms with E-state index in [2.05, 4.69) is 15.9 Å². The van der Waals surface area contributed by atoms with Crippen LogP contribution in [0.4, 0.5) is 0 Å². The number of rotatable bonds is 0. The molecule has 19 valence electrons. The van der Waals surface area contributed by atoms with Gasteiger partial charge in [0.25, 0.3) is 5.20 Å². The fraction of sp³-hybridized carbons (Fsp3) is 0. The van der Waals surface area contributed by atoms with Gasteiger partial charge in [0.05, 0.1) is 0 Å². The monoisotopic (exact) mass is 171 g/mol. The van der Waals surface area contributed by atoms with Gasteiger partial charge in [-0.1, -0.05) is 0 Å². The Labute approximate surface area is 45.7 Å². The van der Waals surface area contributed by atoms with Crippen LogP contribution in [0.5, 0.6) is 0 Å². The van der Waals surface area contributed by atoms with Gasteiger partial charge < -0.3 is 0 Å². The topological polar surface area (TPSA) is 17.1 Å². The van der Waals surface area contributed by atoms with E-state index in [0.717, 1.165) is 0 Å². The zero-order valence-corrected chi connectivity index (χ0v) is 6.55. The van der Waals surface area contributed by atoms with Crippen molar-refractivity contribution in [2.24, 2.45) is 0 Å². The van der Waals surface area contributed by atoms with Crippen LogP contribution in [0.15, 0.2) is 0 Å². The third kappa shape index (κ3) is 14.6. The largest absolute Gasteiger partial charge is 0.277 e. The molecule has 0 rings (SSSR count). The molecule has 0 aromatic rings. The molecule has 0 fully saturated rings. The Morgan fingerprint density at radius 3 is 1.75 bits per heavy atom. The van der Waals surface area contributed by atoms with Gasteiger partial charge in [0.1, 0.15) is 0 Å². The molecule has 0 aromatic carbocycles. The fourth-order valence-corrected chi connectivity index (χ4v) is 0. The summed E-state index contributed by atoms with van der Waals surface area (Å²) in [6.07, 6.45) is 0. The Balaban J connectivity index is 0. The van der Waals surface area contributed by atoms with E-state index in [1.807, 2.05) is 0 Å². The normalized spacial score (nSPS) is 3.25. The van der Waals surface area contributed by atoms with Gasteiger partial charge >= 0.3 is 0 Å². The van der Waals surface area contributed by atoms with Gasteiger partial charge in [-0.05, 0) is 0 Å². The van der Waals surface area contributed by atoms with Crippen molar-refractivity contribution in [1.82, 2.24) is 0 Å². The van der Waals surface area contributed by atoms with Crippen LogP contribution >= 0.6 is 15.9 Å². The number of halogens is 1. The second-order valence-electron chi connectivity index (χ2n) is 0.0772. The minimum atomic E-state index is 0. The van der Waals surface area contributed by atoms with Gasteiger partial charge in [-0.2, -0.15) is 0 Å². The zero-order valence-electron chi connectivity index (χ0n) is 1.99. The van der Waals surface area contributed by atoms with Crippen molar-refractivity contribution < 1.29 is 24.3 Å². The van der Waals surface area contributed by atoms with E-state index >= 15 is 0 Å². The molecule has 0 amide bonds. The van der Waals surface area contributed by atoms with Gasteiger partial charge in [0, 0.05) is 35.4 Å². The average Bonchev–Trinajstić information content (AvgIpc) is 0.918. The molecule has 0 unspecified atom stereocenters. The SMILES string of the molecule is O=[C]Br.[Zn]. The Kier molecular flexibility index (Phi) is 20.4. The molecule has 0 N–H and O–H groups in total. The van der Waals surface area contributed by atoms with E-state index in [1.165, 1.54) is 5.20 Å². The van der Waals surface area contributed by atoms with Crippen LogP contribution in [0.3, 0.4) is 0 Å². The van der Waals surface area contributed by atoms with E-state index in [0.29, 0.717) is 0 Å². The summed E-state index contributed by atoms with van der Waals surface area (Å²) in [5.41, 5.74) is 0. The molecular weight excluding hydrogens is 173 g/mol. The van der Waals surface area contributed by atoms with Gasteiger partial charge in [-0.15, -0.1) is 0 Å². The van der Waals surface area contributed by atoms with Crippen molar-refractivity contribution in [1.29, 1.82) is 0 Å². The van der Waals surface area contributed by atoms with Gasteiger partial charge in [-0.25, -0.2) is 0 Å². The summed E-state index contributed by atoms with van der Waals surface area (Å²) in [6.45, 7) is 0. The smallest absolute Gasteiger partial charge is 0.275 e. The first-order valence-electron chi connectivity index (χ1n) is 0.393. The van der Waals surface area contributed by atoms with Gasteiger partial charge in [-0.3, -0.25) is 4.79 Å². The molecule has 1 radical (unpaired) electrons. The summed E-state index contributed by atoms with van der Waals surface area (Å²) in [6, 6.07) is 0. The van der Waals surface area contributed by atoms with E-state index in [1.54, 1.807) is 0 Å². The predicted molar refractivity (Wildman–Crippen MR) is 14.6 cm³/mol. The van der Waals surface area contributed by atoms with E-state index in [4.69, 9.17) is 4.79 Å². The maximum atomic E-state index is 8.60. The molecule has 0 saturated heterocycles. The molecule has 0 aliphatic rings. The molecule has 0 spiro atoms. The van der Waals surface area contributed by atoms with Gasteiger partial charge in [0.15, 0.2) is 0 Å². The summed E-state index contributed by atoms with van der Waals surface area (Å²) >= 11 is 2.34. The average molecular weight is 173 g/mol. The van der Waals surface area contributed by atoms with Crippen molar-refractivity contribution in [2.45, 2.75) is 0 Å². The number of hydrogen-bond donors (Lipinski definition) is 0. The first kappa shape index (κ1) is 8.84. The minimum Gasteiger partial charge on any atom is -0.277 e. The van der Waals surface area contributed by atoms with Crippen molar-refractivity contribution >= 4 is 21.1 Å². The summed E-state index contributed by atoms with van der Waals surface area (Å²) in [5, 5.41) is 1.31. The Bertz CT molecular complexity index is 15.5. The second-order valence-corrected chi connectivity index (χ2v) is 0.401. The molecule has 0 bridgehead atoms. The van der Waals surface area contributed by atoms with Crippen LogP contribution in [0.1, 0.15) is 0 Å². The van der Waals surface area contributed by atoms with Crippen LogP contribution in [0, 0.1) is 0 Å². The molecule has 0 heterocycles. The standard InChI is InChI=1S/CBrO.Zn/c2-1-3;. The molecule has 0 aliphatic carbocycles. The van der Waals surface area contributed by atoms with Crippen molar-refractivity contribution in [3.05, 3.63) is 0 Å². The molecular formula is CBrOZn. The molecule has 1 nitrogen and oxygen atoms in total. The van der Waals surface area contributed by atoms with Crippen LogP contribution in [-0.4, -0.2) is 5.20 Å².